The largest absolute Gasteiger partial charge is 0.573 e. The molecule has 0 heterocycles. The predicted octanol–water partition coefficient (Wildman–Crippen LogP) is 3.27. The molecule has 0 radical (unpaired) electrons. The third kappa shape index (κ3) is 5.08. The minimum absolute atomic E-state index is 0.149. The van der Waals surface area contributed by atoms with Crippen LogP contribution in [0.3, 0.4) is 0 Å². The van der Waals surface area contributed by atoms with Gasteiger partial charge in [0, 0.05) is 0 Å². The molecule has 0 aromatic heterocycles. The fourth-order valence-electron chi connectivity index (χ4n) is 0.907. The van der Waals surface area contributed by atoms with E-state index in [-0.39, 0.29) is 11.5 Å². The number of carbonyl (C=O) groups is 1. The third-order valence-corrected chi connectivity index (χ3v) is 1.97. The minimum Gasteiger partial charge on any atom is -0.426 e. The smallest absolute Gasteiger partial charge is 0.426 e. The summed E-state index contributed by atoms with van der Waals surface area (Å²) in [6.07, 6.45) is -4.73. The van der Waals surface area contributed by atoms with Crippen molar-refractivity contribution in [1.29, 1.82) is 0 Å². The van der Waals surface area contributed by atoms with Gasteiger partial charge in [0.2, 0.25) is 0 Å². The van der Waals surface area contributed by atoms with Gasteiger partial charge in [-0.25, -0.2) is 0 Å². The maximum atomic E-state index is 11.8. The lowest BCUT2D eigenvalue weighted by Gasteiger charge is -2.09. The van der Waals surface area contributed by atoms with Crippen molar-refractivity contribution in [1.82, 2.24) is 0 Å². The Kier molecular flexibility index (Phi) is 4.39. The maximum absolute atomic E-state index is 11.8. The molecule has 0 N–H and O–H groups in total. The van der Waals surface area contributed by atoms with Gasteiger partial charge in [-0.05, 0) is 31.2 Å². The zero-order valence-corrected chi connectivity index (χ0v) is 10.2. The van der Waals surface area contributed by atoms with Crippen molar-refractivity contribution in [3.63, 3.8) is 0 Å². The number of halogens is 4. The summed E-state index contributed by atoms with van der Waals surface area (Å²) in [6.45, 7) is 1.57. The molecule has 7 heteroatoms. The highest BCUT2D eigenvalue weighted by atomic mass is 79.9. The van der Waals surface area contributed by atoms with Gasteiger partial charge in [0.15, 0.2) is 0 Å². The Morgan fingerprint density at radius 1 is 1.24 bits per heavy atom. The topological polar surface area (TPSA) is 35.5 Å². The monoisotopic (exact) mass is 312 g/mol. The van der Waals surface area contributed by atoms with Crippen LogP contribution in [0.4, 0.5) is 13.2 Å². The highest BCUT2D eigenvalue weighted by Gasteiger charge is 2.31. The number of ether oxygens (including phenoxy) is 2. The lowest BCUT2D eigenvalue weighted by Crippen LogP contribution is -2.18. The molecule has 0 amide bonds. The van der Waals surface area contributed by atoms with Gasteiger partial charge in [-0.1, -0.05) is 15.9 Å². The molecule has 1 aromatic rings. The first-order chi connectivity index (χ1) is 7.78. The van der Waals surface area contributed by atoms with Gasteiger partial charge in [0.05, 0.1) is 0 Å². The van der Waals surface area contributed by atoms with Crippen LogP contribution in [0.25, 0.3) is 0 Å². The van der Waals surface area contributed by atoms with Crippen molar-refractivity contribution in [3.8, 4) is 11.5 Å². The summed E-state index contributed by atoms with van der Waals surface area (Å²) in [5.74, 6) is -0.755. The molecule has 1 aromatic carbocycles. The van der Waals surface area contributed by atoms with Crippen molar-refractivity contribution < 1.29 is 27.4 Å². The average Bonchev–Trinajstić information content (AvgIpc) is 2.18. The van der Waals surface area contributed by atoms with Crippen LogP contribution in [0, 0.1) is 0 Å². The van der Waals surface area contributed by atoms with Crippen LogP contribution in [-0.2, 0) is 4.79 Å². The van der Waals surface area contributed by atoms with Crippen molar-refractivity contribution in [2.75, 3.05) is 0 Å². The van der Waals surface area contributed by atoms with E-state index in [1.54, 1.807) is 6.92 Å². The normalized spacial score (nSPS) is 13.0. The van der Waals surface area contributed by atoms with Crippen LogP contribution in [0.5, 0.6) is 11.5 Å². The van der Waals surface area contributed by atoms with Gasteiger partial charge in [-0.2, -0.15) is 0 Å². The molecule has 0 saturated heterocycles. The molecule has 0 spiro atoms. The molecule has 1 unspecified atom stereocenters. The number of hydrogen-bond donors (Lipinski definition) is 0. The van der Waals surface area contributed by atoms with E-state index < -0.39 is 17.2 Å². The highest BCUT2D eigenvalue weighted by molar-refractivity contribution is 9.10. The van der Waals surface area contributed by atoms with E-state index in [0.717, 1.165) is 12.1 Å². The maximum Gasteiger partial charge on any atom is 0.573 e. The van der Waals surface area contributed by atoms with Crippen LogP contribution in [0.2, 0.25) is 0 Å². The SMILES string of the molecule is CC(Br)C(=O)Oc1ccc(OC(F)(F)F)cc1. The molecular formula is C10H8BrF3O3. The van der Waals surface area contributed by atoms with E-state index in [1.807, 2.05) is 0 Å². The summed E-state index contributed by atoms with van der Waals surface area (Å²) >= 11 is 3.00. The Balaban J connectivity index is 2.65. The van der Waals surface area contributed by atoms with Crippen molar-refractivity contribution in [2.24, 2.45) is 0 Å². The Labute approximate surface area is 104 Å². The van der Waals surface area contributed by atoms with E-state index in [4.69, 9.17) is 4.74 Å². The Bertz CT molecular complexity index is 387. The lowest BCUT2D eigenvalue weighted by atomic mass is 10.3. The zero-order chi connectivity index (χ0) is 13.1. The number of hydrogen-bond acceptors (Lipinski definition) is 3. The van der Waals surface area contributed by atoms with Crippen LogP contribution < -0.4 is 9.47 Å². The second-order valence-electron chi connectivity index (χ2n) is 3.06. The first-order valence-corrected chi connectivity index (χ1v) is 5.41. The molecule has 0 saturated carbocycles. The first-order valence-electron chi connectivity index (χ1n) is 4.49. The van der Waals surface area contributed by atoms with Gasteiger partial charge >= 0.3 is 12.3 Å². The Morgan fingerprint density at radius 3 is 2.12 bits per heavy atom. The molecule has 0 fully saturated rings. The summed E-state index contributed by atoms with van der Waals surface area (Å²) in [5, 5.41) is 0. The Morgan fingerprint density at radius 2 is 1.71 bits per heavy atom. The summed E-state index contributed by atoms with van der Waals surface area (Å²) in [4.78, 5) is 10.7. The molecule has 3 nitrogen and oxygen atoms in total. The molecule has 0 aliphatic carbocycles. The molecule has 1 atom stereocenters. The second kappa shape index (κ2) is 5.39. The van der Waals surface area contributed by atoms with E-state index in [1.165, 1.54) is 12.1 Å². The van der Waals surface area contributed by atoms with Crippen LogP contribution in [0.15, 0.2) is 24.3 Å². The lowest BCUT2D eigenvalue weighted by molar-refractivity contribution is -0.274. The number of alkyl halides is 4. The minimum atomic E-state index is -4.73. The van der Waals surface area contributed by atoms with E-state index in [0.29, 0.717) is 0 Å². The second-order valence-corrected chi connectivity index (χ2v) is 4.43. The fourth-order valence-corrected chi connectivity index (χ4v) is 1.00. The summed E-state index contributed by atoms with van der Waals surface area (Å²) in [7, 11) is 0. The number of rotatable bonds is 3. The number of esters is 1. The van der Waals surface area contributed by atoms with E-state index in [2.05, 4.69) is 20.7 Å². The van der Waals surface area contributed by atoms with Crippen molar-refractivity contribution in [2.45, 2.75) is 18.1 Å². The predicted molar refractivity (Wildman–Crippen MR) is 57.1 cm³/mol. The highest BCUT2D eigenvalue weighted by Crippen LogP contribution is 2.24. The fraction of sp³-hybridized carbons (Fsp3) is 0.300. The van der Waals surface area contributed by atoms with E-state index in [9.17, 15) is 18.0 Å². The van der Waals surface area contributed by atoms with E-state index >= 15 is 0 Å². The summed E-state index contributed by atoms with van der Waals surface area (Å²) in [6, 6.07) is 4.56. The Hall–Kier alpha value is -1.24. The molecule has 17 heavy (non-hydrogen) atoms. The standard InChI is InChI=1S/C10H8BrF3O3/c1-6(11)9(15)16-7-2-4-8(5-3-7)17-10(12,13)14/h2-6H,1H3. The van der Waals surface area contributed by atoms with Gasteiger partial charge in [0.25, 0.3) is 0 Å². The van der Waals surface area contributed by atoms with Crippen LogP contribution >= 0.6 is 15.9 Å². The summed E-state index contributed by atoms with van der Waals surface area (Å²) < 4.78 is 44.0. The molecule has 0 aliphatic rings. The first kappa shape index (κ1) is 13.8. The van der Waals surface area contributed by atoms with Crippen LogP contribution in [-0.4, -0.2) is 17.2 Å². The van der Waals surface area contributed by atoms with Gasteiger partial charge in [-0.3, -0.25) is 4.79 Å². The summed E-state index contributed by atoms with van der Waals surface area (Å²) in [5.41, 5.74) is 0. The molecular weight excluding hydrogens is 305 g/mol. The van der Waals surface area contributed by atoms with Gasteiger partial charge < -0.3 is 9.47 Å². The molecule has 0 aliphatic heterocycles. The number of carbonyl (C=O) groups excluding carboxylic acids is 1. The average molecular weight is 313 g/mol. The van der Waals surface area contributed by atoms with Gasteiger partial charge in [-0.15, -0.1) is 13.2 Å². The quantitative estimate of drug-likeness (QED) is 0.488. The van der Waals surface area contributed by atoms with Crippen molar-refractivity contribution in [3.05, 3.63) is 24.3 Å². The van der Waals surface area contributed by atoms with Gasteiger partial charge in [0.1, 0.15) is 16.3 Å². The third-order valence-electron chi connectivity index (χ3n) is 1.60. The van der Waals surface area contributed by atoms with Crippen LogP contribution in [0.1, 0.15) is 6.92 Å². The van der Waals surface area contributed by atoms with Crippen molar-refractivity contribution >= 4 is 21.9 Å². The number of benzene rings is 1. The molecule has 0 bridgehead atoms. The molecule has 94 valence electrons. The molecule has 1 rings (SSSR count). The zero-order valence-electron chi connectivity index (χ0n) is 8.62.